The molecule has 0 aliphatic heterocycles. The summed E-state index contributed by atoms with van der Waals surface area (Å²) in [6, 6.07) is 2.02. The molecule has 1 aromatic heterocycles. The monoisotopic (exact) mass is 283 g/mol. The van der Waals surface area contributed by atoms with Crippen LogP contribution in [0.5, 0.6) is 0 Å². The summed E-state index contributed by atoms with van der Waals surface area (Å²) in [5.74, 6) is 0.934. The molecule has 0 aliphatic rings. The zero-order chi connectivity index (χ0) is 14.1. The van der Waals surface area contributed by atoms with E-state index in [1.807, 2.05) is 19.3 Å². The lowest BCUT2D eigenvalue weighted by Gasteiger charge is -2.24. The van der Waals surface area contributed by atoms with E-state index in [0.717, 1.165) is 36.0 Å². The van der Waals surface area contributed by atoms with Crippen molar-refractivity contribution in [2.75, 3.05) is 25.0 Å². The Morgan fingerprint density at radius 1 is 1.21 bits per heavy atom. The van der Waals surface area contributed by atoms with E-state index in [1.54, 1.807) is 0 Å². The van der Waals surface area contributed by atoms with Crippen LogP contribution in [-0.4, -0.2) is 25.1 Å². The maximum absolute atomic E-state index is 6.39. The third-order valence-corrected chi connectivity index (χ3v) is 3.40. The van der Waals surface area contributed by atoms with Gasteiger partial charge in [0.05, 0.1) is 5.02 Å². The number of unbranched alkanes of at least 4 members (excludes halogenated alkanes) is 2. The van der Waals surface area contributed by atoms with Crippen LogP contribution in [0, 0.1) is 0 Å². The smallest absolute Gasteiger partial charge is 0.147 e. The fraction of sp³-hybridized carbons (Fsp3) is 0.667. The van der Waals surface area contributed by atoms with Gasteiger partial charge in [-0.15, -0.1) is 0 Å². The molecule has 0 atom stereocenters. The fourth-order valence-corrected chi connectivity index (χ4v) is 2.33. The highest BCUT2D eigenvalue weighted by Gasteiger charge is 2.11. The van der Waals surface area contributed by atoms with E-state index in [-0.39, 0.29) is 0 Å². The summed E-state index contributed by atoms with van der Waals surface area (Å²) in [7, 11) is 1.93. The summed E-state index contributed by atoms with van der Waals surface area (Å²) in [4.78, 5) is 6.87. The first-order valence-corrected chi connectivity index (χ1v) is 7.64. The largest absolute Gasteiger partial charge is 0.355 e. The van der Waals surface area contributed by atoms with Crippen LogP contribution < -0.4 is 10.2 Å². The summed E-state index contributed by atoms with van der Waals surface area (Å²) in [5, 5.41) is 3.88. The predicted octanol–water partition coefficient (Wildman–Crippen LogP) is 3.86. The van der Waals surface area contributed by atoms with Gasteiger partial charge in [-0.2, -0.15) is 0 Å². The molecule has 1 heterocycles. The van der Waals surface area contributed by atoms with Crippen molar-refractivity contribution in [1.29, 1.82) is 0 Å². The molecule has 0 aliphatic carbocycles. The molecule has 3 nitrogen and oxygen atoms in total. The predicted molar refractivity (Wildman–Crippen MR) is 84.0 cm³/mol. The Kier molecular flexibility index (Phi) is 7.84. The molecule has 0 bridgehead atoms. The molecule has 19 heavy (non-hydrogen) atoms. The van der Waals surface area contributed by atoms with Crippen molar-refractivity contribution >= 4 is 17.4 Å². The van der Waals surface area contributed by atoms with Gasteiger partial charge in [-0.25, -0.2) is 4.98 Å². The lowest BCUT2D eigenvalue weighted by atomic mass is 10.2. The molecular formula is C15H26ClN3. The third kappa shape index (κ3) is 5.37. The van der Waals surface area contributed by atoms with Crippen LogP contribution in [0.4, 0.5) is 5.82 Å². The van der Waals surface area contributed by atoms with Gasteiger partial charge >= 0.3 is 0 Å². The normalized spacial score (nSPS) is 10.7. The number of nitrogens with zero attached hydrogens (tertiary/aromatic N) is 2. The molecule has 0 spiro atoms. The number of hydrogen-bond acceptors (Lipinski definition) is 3. The second kappa shape index (κ2) is 9.16. The van der Waals surface area contributed by atoms with Gasteiger partial charge in [0.25, 0.3) is 0 Å². The van der Waals surface area contributed by atoms with Crippen LogP contribution in [0.2, 0.25) is 5.02 Å². The van der Waals surface area contributed by atoms with Crippen LogP contribution >= 0.6 is 11.6 Å². The van der Waals surface area contributed by atoms with Crippen molar-refractivity contribution in [3.05, 3.63) is 22.8 Å². The van der Waals surface area contributed by atoms with Gasteiger partial charge in [0.15, 0.2) is 0 Å². The van der Waals surface area contributed by atoms with Gasteiger partial charge in [-0.05, 0) is 31.5 Å². The molecule has 1 rings (SSSR count). The lowest BCUT2D eigenvalue weighted by molar-refractivity contribution is 0.670. The Morgan fingerprint density at radius 3 is 2.32 bits per heavy atom. The number of nitrogens with one attached hydrogen (secondary N) is 1. The summed E-state index contributed by atoms with van der Waals surface area (Å²) in [5.41, 5.74) is 1.13. The average Bonchev–Trinajstić information content (AvgIpc) is 2.40. The number of aromatic nitrogens is 1. The second-order valence-electron chi connectivity index (χ2n) is 4.87. The minimum absolute atomic E-state index is 0.764. The summed E-state index contributed by atoms with van der Waals surface area (Å²) in [6.07, 6.45) is 6.67. The molecule has 0 saturated heterocycles. The molecule has 0 amide bonds. The molecule has 0 saturated carbocycles. The Labute approximate surface area is 122 Å². The molecule has 0 unspecified atom stereocenters. The van der Waals surface area contributed by atoms with Gasteiger partial charge < -0.3 is 10.2 Å². The van der Waals surface area contributed by atoms with Gasteiger partial charge in [-0.1, -0.05) is 38.3 Å². The number of pyridine rings is 1. The summed E-state index contributed by atoms with van der Waals surface area (Å²) >= 11 is 6.39. The van der Waals surface area contributed by atoms with Gasteiger partial charge in [-0.3, -0.25) is 0 Å². The standard InChI is InChI=1S/C15H26ClN3/c1-4-6-8-19(9-7-5-2)15-14(16)10-13(11-17-3)12-18-15/h10,12,17H,4-9,11H2,1-3H3. The van der Waals surface area contributed by atoms with Crippen molar-refractivity contribution < 1.29 is 0 Å². The van der Waals surface area contributed by atoms with E-state index in [4.69, 9.17) is 11.6 Å². The van der Waals surface area contributed by atoms with E-state index in [9.17, 15) is 0 Å². The maximum atomic E-state index is 6.39. The van der Waals surface area contributed by atoms with E-state index in [1.165, 1.54) is 25.7 Å². The Balaban J connectivity index is 2.81. The van der Waals surface area contributed by atoms with Crippen LogP contribution in [0.3, 0.4) is 0 Å². The van der Waals surface area contributed by atoms with Crippen LogP contribution in [0.25, 0.3) is 0 Å². The minimum Gasteiger partial charge on any atom is -0.355 e. The Morgan fingerprint density at radius 2 is 1.84 bits per heavy atom. The van der Waals surface area contributed by atoms with Gasteiger partial charge in [0.1, 0.15) is 5.82 Å². The van der Waals surface area contributed by atoms with E-state index in [0.29, 0.717) is 0 Å². The molecule has 0 aromatic carbocycles. The first-order valence-electron chi connectivity index (χ1n) is 7.26. The molecular weight excluding hydrogens is 258 g/mol. The van der Waals surface area contributed by atoms with Crippen LogP contribution in [0.1, 0.15) is 45.1 Å². The number of anilines is 1. The summed E-state index contributed by atoms with van der Waals surface area (Å²) < 4.78 is 0. The molecule has 4 heteroatoms. The lowest BCUT2D eigenvalue weighted by Crippen LogP contribution is -2.27. The summed E-state index contributed by atoms with van der Waals surface area (Å²) in [6.45, 7) is 7.30. The van der Waals surface area contributed by atoms with Crippen molar-refractivity contribution in [3.63, 3.8) is 0 Å². The molecule has 1 aromatic rings. The van der Waals surface area contributed by atoms with Gasteiger partial charge in [0.2, 0.25) is 0 Å². The highest BCUT2D eigenvalue weighted by molar-refractivity contribution is 6.33. The van der Waals surface area contributed by atoms with Gasteiger partial charge in [0, 0.05) is 25.8 Å². The van der Waals surface area contributed by atoms with Crippen molar-refractivity contribution in [2.45, 2.75) is 46.1 Å². The minimum atomic E-state index is 0.764. The van der Waals surface area contributed by atoms with E-state index < -0.39 is 0 Å². The zero-order valence-corrected chi connectivity index (χ0v) is 13.1. The van der Waals surface area contributed by atoms with E-state index >= 15 is 0 Å². The van der Waals surface area contributed by atoms with Crippen molar-refractivity contribution in [2.24, 2.45) is 0 Å². The Hall–Kier alpha value is -0.800. The van der Waals surface area contributed by atoms with Crippen molar-refractivity contribution in [1.82, 2.24) is 10.3 Å². The highest BCUT2D eigenvalue weighted by Crippen LogP contribution is 2.25. The van der Waals surface area contributed by atoms with E-state index in [2.05, 4.69) is 29.0 Å². The first kappa shape index (κ1) is 16.3. The molecule has 0 radical (unpaired) electrons. The quantitative estimate of drug-likeness (QED) is 0.746. The van der Waals surface area contributed by atoms with Crippen LogP contribution in [0.15, 0.2) is 12.3 Å². The average molecular weight is 284 g/mol. The molecule has 108 valence electrons. The maximum Gasteiger partial charge on any atom is 0.147 e. The number of rotatable bonds is 9. The zero-order valence-electron chi connectivity index (χ0n) is 12.4. The molecule has 0 fully saturated rings. The third-order valence-electron chi connectivity index (χ3n) is 3.12. The van der Waals surface area contributed by atoms with Crippen molar-refractivity contribution in [3.8, 4) is 0 Å². The second-order valence-corrected chi connectivity index (χ2v) is 5.28. The SMILES string of the molecule is CCCCN(CCCC)c1ncc(CNC)cc1Cl. The fourth-order valence-electron chi connectivity index (χ4n) is 2.03. The highest BCUT2D eigenvalue weighted by atomic mass is 35.5. The first-order chi connectivity index (χ1) is 9.22. The number of hydrogen-bond donors (Lipinski definition) is 1. The molecule has 1 N–H and O–H groups in total. The number of halogens is 1. The Bertz CT molecular complexity index is 360. The van der Waals surface area contributed by atoms with Crippen LogP contribution in [-0.2, 0) is 6.54 Å². The topological polar surface area (TPSA) is 28.2 Å².